The molecule has 3 rings (SSSR count). The minimum absolute atomic E-state index is 0.0236. The third kappa shape index (κ3) is 3.62. The van der Waals surface area contributed by atoms with Crippen LogP contribution in [0.1, 0.15) is 25.3 Å². The molecule has 0 spiro atoms. The summed E-state index contributed by atoms with van der Waals surface area (Å²) in [4.78, 5) is 51.3. The molecule has 1 aromatic carbocycles. The molecule has 0 radical (unpaired) electrons. The maximum absolute atomic E-state index is 14.1. The van der Waals surface area contributed by atoms with Crippen LogP contribution in [-0.2, 0) is 19.9 Å². The van der Waals surface area contributed by atoms with Crippen LogP contribution in [0.2, 0.25) is 0 Å². The molecule has 27 heavy (non-hydrogen) atoms. The molecular weight excluding hydrogens is 355 g/mol. The highest BCUT2D eigenvalue weighted by atomic mass is 19.1. The van der Waals surface area contributed by atoms with Gasteiger partial charge in [0.05, 0.1) is 6.54 Å². The molecule has 1 aromatic rings. The van der Waals surface area contributed by atoms with Gasteiger partial charge in [0.15, 0.2) is 0 Å². The Labute approximate surface area is 155 Å². The van der Waals surface area contributed by atoms with E-state index in [2.05, 4.69) is 10.6 Å². The van der Waals surface area contributed by atoms with Crippen LogP contribution in [0.25, 0.3) is 0 Å². The van der Waals surface area contributed by atoms with Crippen molar-refractivity contribution in [3.8, 4) is 0 Å². The van der Waals surface area contributed by atoms with Gasteiger partial charge in [-0.15, -0.1) is 0 Å². The van der Waals surface area contributed by atoms with E-state index in [4.69, 9.17) is 0 Å². The third-order valence-corrected chi connectivity index (χ3v) is 4.88. The molecule has 144 valence electrons. The SMILES string of the molecule is CC1(c2ccccc2F)NC(=O)N(CC(=O)NCC(=O)N2CCCC2)C1=O. The lowest BCUT2D eigenvalue weighted by Gasteiger charge is -2.22. The molecule has 0 aromatic heterocycles. The van der Waals surface area contributed by atoms with E-state index < -0.39 is 35.7 Å². The number of urea groups is 1. The Balaban J connectivity index is 1.62. The molecule has 0 bridgehead atoms. The number of benzene rings is 1. The Morgan fingerprint density at radius 1 is 1.22 bits per heavy atom. The number of likely N-dealkylation sites (tertiary alicyclic amines) is 1. The van der Waals surface area contributed by atoms with Crippen molar-refractivity contribution >= 4 is 23.8 Å². The Hall–Kier alpha value is -2.97. The fraction of sp³-hybridized carbons (Fsp3) is 0.444. The van der Waals surface area contributed by atoms with Crippen LogP contribution in [0, 0.1) is 5.82 Å². The molecule has 2 aliphatic heterocycles. The van der Waals surface area contributed by atoms with Crippen LogP contribution in [0.15, 0.2) is 24.3 Å². The molecular formula is C18H21FN4O4. The minimum atomic E-state index is -1.59. The molecule has 0 saturated carbocycles. The summed E-state index contributed by atoms with van der Waals surface area (Å²) in [5.41, 5.74) is -1.57. The summed E-state index contributed by atoms with van der Waals surface area (Å²) in [6.45, 7) is 2.00. The number of hydrogen-bond donors (Lipinski definition) is 2. The summed E-state index contributed by atoms with van der Waals surface area (Å²) in [5.74, 6) is -2.19. The standard InChI is InChI=1S/C18H21FN4O4/c1-18(12-6-2-3-7-13(12)19)16(26)23(17(27)21-18)11-14(24)20-10-15(25)22-8-4-5-9-22/h2-3,6-7H,4-5,8-11H2,1H3,(H,20,24)(H,21,27). The smallest absolute Gasteiger partial charge is 0.325 e. The van der Waals surface area contributed by atoms with Crippen molar-refractivity contribution in [3.05, 3.63) is 35.6 Å². The number of rotatable bonds is 5. The molecule has 9 heteroatoms. The second-order valence-corrected chi connectivity index (χ2v) is 6.79. The van der Waals surface area contributed by atoms with Gasteiger partial charge in [-0.2, -0.15) is 0 Å². The van der Waals surface area contributed by atoms with E-state index in [-0.39, 0.29) is 18.0 Å². The highest BCUT2D eigenvalue weighted by Crippen LogP contribution is 2.30. The Morgan fingerprint density at radius 2 is 1.89 bits per heavy atom. The van der Waals surface area contributed by atoms with Gasteiger partial charge in [0, 0.05) is 18.7 Å². The first kappa shape index (κ1) is 18.8. The van der Waals surface area contributed by atoms with Crippen LogP contribution in [0.3, 0.4) is 0 Å². The fourth-order valence-corrected chi connectivity index (χ4v) is 3.34. The first-order valence-corrected chi connectivity index (χ1v) is 8.76. The average Bonchev–Trinajstić information content (AvgIpc) is 3.24. The van der Waals surface area contributed by atoms with E-state index in [0.717, 1.165) is 17.7 Å². The zero-order chi connectivity index (χ0) is 19.6. The second-order valence-electron chi connectivity index (χ2n) is 6.79. The van der Waals surface area contributed by atoms with Crippen molar-refractivity contribution in [2.45, 2.75) is 25.3 Å². The van der Waals surface area contributed by atoms with Crippen LogP contribution in [-0.4, -0.2) is 59.7 Å². The molecule has 5 amide bonds. The van der Waals surface area contributed by atoms with Gasteiger partial charge in [-0.1, -0.05) is 18.2 Å². The van der Waals surface area contributed by atoms with Crippen molar-refractivity contribution in [1.29, 1.82) is 0 Å². The van der Waals surface area contributed by atoms with Crippen molar-refractivity contribution in [2.24, 2.45) is 0 Å². The number of halogens is 1. The highest BCUT2D eigenvalue weighted by molar-refractivity contribution is 6.09. The van der Waals surface area contributed by atoms with Gasteiger partial charge in [0.1, 0.15) is 17.9 Å². The van der Waals surface area contributed by atoms with Gasteiger partial charge >= 0.3 is 6.03 Å². The van der Waals surface area contributed by atoms with Crippen molar-refractivity contribution in [2.75, 3.05) is 26.2 Å². The van der Waals surface area contributed by atoms with E-state index in [1.165, 1.54) is 25.1 Å². The number of nitrogens with one attached hydrogen (secondary N) is 2. The van der Waals surface area contributed by atoms with Crippen molar-refractivity contribution in [3.63, 3.8) is 0 Å². The number of imide groups is 1. The summed E-state index contributed by atoms with van der Waals surface area (Å²) in [6.07, 6.45) is 1.88. The Bertz CT molecular complexity index is 793. The highest BCUT2D eigenvalue weighted by Gasteiger charge is 2.50. The van der Waals surface area contributed by atoms with Crippen molar-refractivity contribution < 1.29 is 23.6 Å². The molecule has 0 aliphatic carbocycles. The molecule has 2 N–H and O–H groups in total. The van der Waals surface area contributed by atoms with Gasteiger partial charge in [-0.05, 0) is 25.8 Å². The lowest BCUT2D eigenvalue weighted by atomic mass is 9.91. The summed E-state index contributed by atoms with van der Waals surface area (Å²) in [6, 6.07) is 4.85. The Kier molecular flexibility index (Phi) is 5.11. The fourth-order valence-electron chi connectivity index (χ4n) is 3.34. The molecule has 2 saturated heterocycles. The summed E-state index contributed by atoms with van der Waals surface area (Å²) in [7, 11) is 0. The predicted molar refractivity (Wildman–Crippen MR) is 92.8 cm³/mol. The normalized spacial score (nSPS) is 22.1. The zero-order valence-electron chi connectivity index (χ0n) is 15.0. The first-order chi connectivity index (χ1) is 12.8. The number of carbonyl (C=O) groups is 4. The number of amides is 5. The zero-order valence-corrected chi connectivity index (χ0v) is 15.0. The minimum Gasteiger partial charge on any atom is -0.345 e. The molecule has 2 fully saturated rings. The van der Waals surface area contributed by atoms with Crippen LogP contribution >= 0.6 is 0 Å². The van der Waals surface area contributed by atoms with E-state index in [0.29, 0.717) is 13.1 Å². The van der Waals surface area contributed by atoms with Crippen LogP contribution in [0.5, 0.6) is 0 Å². The van der Waals surface area contributed by atoms with E-state index in [1.807, 2.05) is 0 Å². The predicted octanol–water partition coefficient (Wildman–Crippen LogP) is 0.331. The maximum Gasteiger partial charge on any atom is 0.325 e. The van der Waals surface area contributed by atoms with Gasteiger partial charge in [-0.3, -0.25) is 19.3 Å². The monoisotopic (exact) mass is 376 g/mol. The van der Waals surface area contributed by atoms with Crippen LogP contribution < -0.4 is 10.6 Å². The summed E-state index contributed by atoms with van der Waals surface area (Å²) < 4.78 is 14.1. The maximum atomic E-state index is 14.1. The number of hydrogen-bond acceptors (Lipinski definition) is 4. The third-order valence-electron chi connectivity index (χ3n) is 4.88. The summed E-state index contributed by atoms with van der Waals surface area (Å²) >= 11 is 0. The molecule has 8 nitrogen and oxygen atoms in total. The van der Waals surface area contributed by atoms with Crippen molar-refractivity contribution in [1.82, 2.24) is 20.4 Å². The molecule has 1 unspecified atom stereocenters. The molecule has 2 heterocycles. The number of nitrogens with zero attached hydrogens (tertiary/aromatic N) is 2. The van der Waals surface area contributed by atoms with Gasteiger partial charge in [0.25, 0.3) is 5.91 Å². The average molecular weight is 376 g/mol. The van der Waals surface area contributed by atoms with E-state index in [9.17, 15) is 23.6 Å². The Morgan fingerprint density at radius 3 is 2.56 bits per heavy atom. The summed E-state index contributed by atoms with van der Waals surface area (Å²) in [5, 5.41) is 4.87. The lowest BCUT2D eigenvalue weighted by Crippen LogP contribution is -2.45. The van der Waals surface area contributed by atoms with E-state index in [1.54, 1.807) is 11.0 Å². The topological polar surface area (TPSA) is 98.8 Å². The van der Waals surface area contributed by atoms with Gasteiger partial charge in [0.2, 0.25) is 11.8 Å². The second kappa shape index (κ2) is 7.34. The van der Waals surface area contributed by atoms with Gasteiger partial charge < -0.3 is 15.5 Å². The quantitative estimate of drug-likeness (QED) is 0.724. The molecule has 2 aliphatic rings. The largest absolute Gasteiger partial charge is 0.345 e. The molecule has 1 atom stereocenters. The lowest BCUT2D eigenvalue weighted by molar-refractivity contribution is -0.135. The number of carbonyl (C=O) groups excluding carboxylic acids is 4. The van der Waals surface area contributed by atoms with Gasteiger partial charge in [-0.25, -0.2) is 9.18 Å². The van der Waals surface area contributed by atoms with E-state index >= 15 is 0 Å². The van der Waals surface area contributed by atoms with Crippen LogP contribution in [0.4, 0.5) is 9.18 Å². The first-order valence-electron chi connectivity index (χ1n) is 8.76.